The van der Waals surface area contributed by atoms with E-state index in [4.69, 9.17) is 12.8 Å². The van der Waals surface area contributed by atoms with Crippen molar-refractivity contribution >= 4 is 69.5 Å². The summed E-state index contributed by atoms with van der Waals surface area (Å²) in [4.78, 5) is 0. The minimum Gasteiger partial charge on any atom is -0.366 e. The second kappa shape index (κ2) is 20.5. The van der Waals surface area contributed by atoms with E-state index in [1.165, 1.54) is 12.3 Å². The molecule has 0 N–H and O–H groups in total. The Morgan fingerprint density at radius 1 is 0.385 bits per heavy atom. The summed E-state index contributed by atoms with van der Waals surface area (Å²) in [5, 5.41) is 12.2. The zero-order valence-corrected chi connectivity index (χ0v) is 35.5. The van der Waals surface area contributed by atoms with Crippen molar-refractivity contribution in [1.82, 2.24) is 0 Å². The van der Waals surface area contributed by atoms with Crippen LogP contribution in [0, 0.1) is 24.7 Å². The Hall–Kier alpha value is -3.74. The van der Waals surface area contributed by atoms with Gasteiger partial charge in [-0.15, -0.1) is 11.1 Å². The maximum absolute atomic E-state index is 7.46. The van der Waals surface area contributed by atoms with Crippen molar-refractivity contribution in [3.8, 4) is 11.8 Å². The van der Waals surface area contributed by atoms with E-state index in [2.05, 4.69) is 122 Å². The maximum Gasteiger partial charge on any atom is 1.00 e. The van der Waals surface area contributed by atoms with Gasteiger partial charge in [-0.1, -0.05) is 155 Å². The van der Waals surface area contributed by atoms with E-state index in [0.29, 0.717) is 0 Å². The molecule has 0 saturated carbocycles. The van der Waals surface area contributed by atoms with E-state index in [1.54, 1.807) is 10.6 Å². The summed E-state index contributed by atoms with van der Waals surface area (Å²) in [5.41, 5.74) is 1.77. The molecule has 262 valence electrons. The molecule has 8 rings (SSSR count). The Kier molecular flexibility index (Phi) is 16.2. The van der Waals surface area contributed by atoms with Crippen LogP contribution in [0.25, 0.3) is 43.1 Å². The van der Waals surface area contributed by atoms with E-state index in [9.17, 15) is 0 Å². The molecule has 0 aliphatic carbocycles. The maximum atomic E-state index is 7.46. The summed E-state index contributed by atoms with van der Waals surface area (Å²) in [6.45, 7) is 4.89. The molecule has 0 heterocycles. The first-order valence-corrected chi connectivity index (χ1v) is 21.4. The minimum absolute atomic E-state index is 0. The molecule has 0 nitrogen and oxygen atoms in total. The molecule has 2 atom stereocenters. The van der Waals surface area contributed by atoms with E-state index in [0.717, 1.165) is 54.2 Å². The molecule has 0 amide bonds. The van der Waals surface area contributed by atoms with Gasteiger partial charge in [-0.05, 0) is 57.9 Å². The smallest absolute Gasteiger partial charge is 0.366 e. The van der Waals surface area contributed by atoms with Crippen molar-refractivity contribution in [2.24, 2.45) is 0 Å². The molecular weight excluding hydrogens is 1030 g/mol. The Morgan fingerprint density at radius 3 is 0.904 bits per heavy atom. The van der Waals surface area contributed by atoms with Gasteiger partial charge in [0, 0.05) is 15.8 Å². The predicted octanol–water partition coefficient (Wildman–Crippen LogP) is 11.2. The third-order valence-corrected chi connectivity index (χ3v) is 14.3. The molecule has 8 aromatic rings. The molecule has 0 aromatic heterocycles. The van der Waals surface area contributed by atoms with Crippen molar-refractivity contribution in [2.75, 3.05) is 25.7 Å². The van der Waals surface area contributed by atoms with E-state index in [1.807, 2.05) is 72.8 Å². The average Bonchev–Trinajstić information content (AvgIpc) is 3.19. The quantitative estimate of drug-likeness (QED) is 0.0530. The molecule has 0 saturated heterocycles. The Labute approximate surface area is 343 Å². The van der Waals surface area contributed by atoms with Crippen LogP contribution >= 0.6 is 15.8 Å². The molecule has 4 heteroatoms. The van der Waals surface area contributed by atoms with Gasteiger partial charge in [0.05, 0.1) is 36.3 Å². The third kappa shape index (κ3) is 10.0. The van der Waals surface area contributed by atoms with Crippen LogP contribution in [0.1, 0.15) is 11.1 Å². The molecule has 0 aliphatic heterocycles. The van der Waals surface area contributed by atoms with Crippen molar-refractivity contribution in [2.45, 2.75) is 0 Å². The third-order valence-electron chi connectivity index (χ3n) is 9.20. The SMILES string of the molecule is C[PH+](CC[PH+](C)c1ccccc1)c1ccccc1.[Au+].[Au+].[C-]#Cc1c2ccccc2cc2ccccc12.[C-]#Cc1c2ccccc2cc2ccccc12. The first-order chi connectivity index (χ1) is 24.6. The molecule has 8 aromatic carbocycles. The van der Waals surface area contributed by atoms with Crippen LogP contribution in [0.4, 0.5) is 0 Å². The van der Waals surface area contributed by atoms with Crippen LogP contribution in [-0.4, -0.2) is 25.7 Å². The zero-order chi connectivity index (χ0) is 34.7. The van der Waals surface area contributed by atoms with Crippen LogP contribution < -0.4 is 10.6 Å². The minimum atomic E-state index is -0.344. The molecular formula is C48H40Au2P2+2. The largest absolute Gasteiger partial charge is 1.00 e. The summed E-state index contributed by atoms with van der Waals surface area (Å²) >= 11 is 0. The summed E-state index contributed by atoms with van der Waals surface area (Å²) in [7, 11) is -0.688. The van der Waals surface area contributed by atoms with Crippen molar-refractivity contribution in [3.63, 3.8) is 0 Å². The molecule has 0 bridgehead atoms. The van der Waals surface area contributed by atoms with Gasteiger partial charge < -0.3 is 12.8 Å². The average molecular weight is 1070 g/mol. The number of rotatable bonds is 5. The van der Waals surface area contributed by atoms with Gasteiger partial charge in [-0.25, -0.2) is 0 Å². The molecule has 0 aliphatic rings. The predicted molar refractivity (Wildman–Crippen MR) is 226 cm³/mol. The van der Waals surface area contributed by atoms with E-state index >= 15 is 0 Å². The first kappa shape index (κ1) is 41.0. The van der Waals surface area contributed by atoms with Crippen molar-refractivity contribution in [1.29, 1.82) is 0 Å². The molecule has 0 spiro atoms. The van der Waals surface area contributed by atoms with E-state index < -0.39 is 0 Å². The molecule has 2 unspecified atom stereocenters. The number of fused-ring (bicyclic) bond motifs is 4. The van der Waals surface area contributed by atoms with Gasteiger partial charge in [0.2, 0.25) is 0 Å². The van der Waals surface area contributed by atoms with Crippen LogP contribution in [0.5, 0.6) is 0 Å². The molecule has 52 heavy (non-hydrogen) atoms. The monoisotopic (exact) mass is 1070 g/mol. The van der Waals surface area contributed by atoms with Crippen molar-refractivity contribution in [3.05, 3.63) is 194 Å². The Balaban J connectivity index is 0.000000171. The number of hydrogen-bond donors (Lipinski definition) is 0. The fourth-order valence-electron chi connectivity index (χ4n) is 6.41. The van der Waals surface area contributed by atoms with Crippen LogP contribution in [0.15, 0.2) is 170 Å². The number of benzene rings is 8. The summed E-state index contributed by atoms with van der Waals surface area (Å²) in [6.07, 6.45) is 17.7. The second-order valence-electron chi connectivity index (χ2n) is 12.4. The summed E-state index contributed by atoms with van der Waals surface area (Å²) < 4.78 is 0. The van der Waals surface area contributed by atoms with Crippen LogP contribution in [0.2, 0.25) is 0 Å². The Bertz CT molecular complexity index is 2160. The standard InChI is InChI=1S/C16H20P2.2C16H9.2Au/c1-17(15-9-5-3-6-10-15)13-14-18(2)16-11-7-4-8-12-16;2*1-2-14-15-9-5-3-7-12(15)11-13-8-4-6-10-16(13)14;;/h3-12H,13-14H2,1-2H3;2*3-11H;;/q;2*-1;2*+1/p+2. The first-order valence-electron chi connectivity index (χ1n) is 17.0. The van der Waals surface area contributed by atoms with Gasteiger partial charge in [-0.2, -0.15) is 0 Å². The normalized spacial score (nSPS) is 11.3. The fraction of sp³-hybridized carbons (Fsp3) is 0.0833. The van der Waals surface area contributed by atoms with Gasteiger partial charge in [0.1, 0.15) is 0 Å². The summed E-state index contributed by atoms with van der Waals surface area (Å²) in [5.74, 6) is 5.13. The van der Waals surface area contributed by atoms with Gasteiger partial charge in [-0.3, -0.25) is 11.8 Å². The summed E-state index contributed by atoms with van der Waals surface area (Å²) in [6, 6.07) is 58.9. The van der Waals surface area contributed by atoms with Gasteiger partial charge >= 0.3 is 44.8 Å². The van der Waals surface area contributed by atoms with Crippen molar-refractivity contribution < 1.29 is 44.8 Å². The zero-order valence-electron chi connectivity index (χ0n) is 29.2. The topological polar surface area (TPSA) is 0 Å². The van der Waals surface area contributed by atoms with Gasteiger partial charge in [0.25, 0.3) is 0 Å². The van der Waals surface area contributed by atoms with Crippen LogP contribution in [-0.2, 0) is 44.8 Å². The van der Waals surface area contributed by atoms with E-state index in [-0.39, 0.29) is 60.6 Å². The fourth-order valence-corrected chi connectivity index (χ4v) is 11.5. The van der Waals surface area contributed by atoms with Gasteiger partial charge in [0.15, 0.2) is 0 Å². The Morgan fingerprint density at radius 2 is 0.635 bits per heavy atom. The molecule has 0 radical (unpaired) electrons. The second-order valence-corrected chi connectivity index (χ2v) is 17.7. The van der Waals surface area contributed by atoms with Crippen LogP contribution in [0.3, 0.4) is 0 Å². The number of hydrogen-bond acceptors (Lipinski definition) is 0. The molecule has 0 fully saturated rings.